The molecule has 0 saturated carbocycles. The Morgan fingerprint density at radius 3 is 2.88 bits per heavy atom. The number of hydrogen-bond donors (Lipinski definition) is 1. The van der Waals surface area contributed by atoms with Crippen molar-refractivity contribution in [2.45, 2.75) is 0 Å². The summed E-state index contributed by atoms with van der Waals surface area (Å²) >= 11 is 0. The van der Waals surface area contributed by atoms with Gasteiger partial charge in [0, 0.05) is 0 Å². The molecule has 86 valence electrons. The first-order valence-electron chi connectivity index (χ1n) is 4.44. The fraction of sp³-hybridized carbons (Fsp3) is 0.222. The van der Waals surface area contributed by atoms with E-state index in [0.717, 1.165) is 11.8 Å². The quantitative estimate of drug-likeness (QED) is 0.611. The molecule has 0 spiro atoms. The Hall–Kier alpha value is -1.76. The van der Waals surface area contributed by atoms with Gasteiger partial charge in [-0.3, -0.25) is 0 Å². The van der Waals surface area contributed by atoms with E-state index in [2.05, 4.69) is 5.10 Å². The number of benzene rings is 1. The molecule has 1 aromatic carbocycles. The molecule has 0 atom stereocenters. The van der Waals surface area contributed by atoms with Gasteiger partial charge in [0.05, 0.1) is 12.5 Å². The molecule has 1 aliphatic rings. The fourth-order valence-corrected chi connectivity index (χ4v) is 1.43. The van der Waals surface area contributed by atoms with Crippen LogP contribution in [-0.4, -0.2) is 27.7 Å². The Morgan fingerprint density at radius 2 is 2.12 bits per heavy atom. The largest absolute Gasteiger partial charge is 0.454 e. The smallest absolute Gasteiger partial charge is 0.244 e. The first kappa shape index (κ1) is 10.7. The zero-order chi connectivity index (χ0) is 11.6. The monoisotopic (exact) mass is 242 g/mol. The number of hydrogen-bond acceptors (Lipinski definition) is 5. The molecule has 16 heavy (non-hydrogen) atoms. The third kappa shape index (κ3) is 2.63. The predicted octanol–water partition coefficient (Wildman–Crippen LogP) is 0.298. The maximum absolute atomic E-state index is 10.7. The number of nitrogens with zero attached hydrogens (tertiary/aromatic N) is 1. The minimum atomic E-state index is -3.31. The van der Waals surface area contributed by atoms with Gasteiger partial charge in [-0.25, -0.2) is 13.2 Å². The molecular weight excluding hydrogens is 232 g/mol. The highest BCUT2D eigenvalue weighted by Gasteiger charge is 2.12. The molecule has 0 fully saturated rings. The first-order valence-corrected chi connectivity index (χ1v) is 6.33. The molecule has 1 aliphatic heterocycles. The van der Waals surface area contributed by atoms with Crippen LogP contribution in [0.4, 0.5) is 0 Å². The van der Waals surface area contributed by atoms with Gasteiger partial charge in [-0.1, -0.05) is 0 Å². The van der Waals surface area contributed by atoms with Gasteiger partial charge in [-0.15, -0.1) is 0 Å². The second kappa shape index (κ2) is 4.01. The van der Waals surface area contributed by atoms with Gasteiger partial charge >= 0.3 is 0 Å². The van der Waals surface area contributed by atoms with Crippen LogP contribution in [0, 0.1) is 0 Å². The SMILES string of the molecule is CS(=O)(=O)N/N=C/c1ccc2c(c1)OCO2. The summed E-state index contributed by atoms with van der Waals surface area (Å²) in [5.74, 6) is 1.30. The number of sulfonamides is 1. The van der Waals surface area contributed by atoms with Gasteiger partial charge in [-0.05, 0) is 23.8 Å². The molecule has 0 amide bonds. The average molecular weight is 242 g/mol. The maximum atomic E-state index is 10.7. The molecule has 0 bridgehead atoms. The van der Waals surface area contributed by atoms with Crippen LogP contribution < -0.4 is 14.3 Å². The molecule has 7 heteroatoms. The summed E-state index contributed by atoms with van der Waals surface area (Å²) in [5.41, 5.74) is 0.723. The molecule has 0 aliphatic carbocycles. The van der Waals surface area contributed by atoms with Crippen molar-refractivity contribution in [3.05, 3.63) is 23.8 Å². The van der Waals surface area contributed by atoms with E-state index in [4.69, 9.17) is 9.47 Å². The van der Waals surface area contributed by atoms with Crippen LogP contribution in [0.1, 0.15) is 5.56 Å². The third-order valence-corrected chi connectivity index (χ3v) is 2.27. The van der Waals surface area contributed by atoms with E-state index in [1.807, 2.05) is 4.83 Å². The van der Waals surface area contributed by atoms with Crippen LogP contribution >= 0.6 is 0 Å². The van der Waals surface area contributed by atoms with Crippen LogP contribution in [0.5, 0.6) is 11.5 Å². The second-order valence-corrected chi connectivity index (χ2v) is 4.96. The molecule has 1 N–H and O–H groups in total. The van der Waals surface area contributed by atoms with Gasteiger partial charge in [0.1, 0.15) is 0 Å². The molecule has 0 unspecified atom stereocenters. The number of nitrogens with one attached hydrogen (secondary N) is 1. The minimum Gasteiger partial charge on any atom is -0.454 e. The van der Waals surface area contributed by atoms with Crippen LogP contribution in [-0.2, 0) is 10.0 Å². The van der Waals surface area contributed by atoms with Gasteiger partial charge in [0.15, 0.2) is 11.5 Å². The molecule has 0 saturated heterocycles. The van der Waals surface area contributed by atoms with Crippen LogP contribution in [0.25, 0.3) is 0 Å². The van der Waals surface area contributed by atoms with Crippen molar-refractivity contribution in [3.63, 3.8) is 0 Å². The van der Waals surface area contributed by atoms with Crippen LogP contribution in [0.15, 0.2) is 23.3 Å². The third-order valence-electron chi connectivity index (χ3n) is 1.83. The van der Waals surface area contributed by atoms with Gasteiger partial charge in [-0.2, -0.15) is 5.10 Å². The van der Waals surface area contributed by atoms with E-state index in [-0.39, 0.29) is 6.79 Å². The highest BCUT2D eigenvalue weighted by Crippen LogP contribution is 2.31. The Morgan fingerprint density at radius 1 is 1.38 bits per heavy atom. The van der Waals surface area contributed by atoms with E-state index >= 15 is 0 Å². The van der Waals surface area contributed by atoms with Crippen molar-refractivity contribution >= 4 is 16.2 Å². The molecule has 1 heterocycles. The number of rotatable bonds is 3. The van der Waals surface area contributed by atoms with E-state index in [1.54, 1.807) is 18.2 Å². The Kier molecular flexibility index (Phi) is 2.69. The zero-order valence-corrected chi connectivity index (χ0v) is 9.32. The summed E-state index contributed by atoms with van der Waals surface area (Å²) in [6, 6.07) is 5.21. The Labute approximate surface area is 92.9 Å². The lowest BCUT2D eigenvalue weighted by Gasteiger charge is -1.97. The summed E-state index contributed by atoms with van der Waals surface area (Å²) < 4.78 is 31.8. The van der Waals surface area contributed by atoms with Gasteiger partial charge < -0.3 is 9.47 Å². The van der Waals surface area contributed by atoms with Crippen molar-refractivity contribution in [2.24, 2.45) is 5.10 Å². The van der Waals surface area contributed by atoms with Crippen molar-refractivity contribution in [1.82, 2.24) is 4.83 Å². The lowest BCUT2D eigenvalue weighted by atomic mass is 10.2. The van der Waals surface area contributed by atoms with Crippen molar-refractivity contribution in [3.8, 4) is 11.5 Å². The topological polar surface area (TPSA) is 77.0 Å². The predicted molar refractivity (Wildman–Crippen MR) is 58.1 cm³/mol. The van der Waals surface area contributed by atoms with E-state index in [1.165, 1.54) is 6.21 Å². The standard InChI is InChI=1S/C9H10N2O4S/c1-16(12,13)11-10-5-7-2-3-8-9(4-7)15-6-14-8/h2-5,11H,6H2,1H3/b10-5+. The molecule has 0 radical (unpaired) electrons. The first-order chi connectivity index (χ1) is 7.54. The van der Waals surface area contributed by atoms with Gasteiger partial charge in [0.25, 0.3) is 0 Å². The van der Waals surface area contributed by atoms with Crippen LogP contribution in [0.2, 0.25) is 0 Å². The number of hydrazone groups is 1. The van der Waals surface area contributed by atoms with Crippen molar-refractivity contribution in [2.75, 3.05) is 13.0 Å². The van der Waals surface area contributed by atoms with E-state index in [9.17, 15) is 8.42 Å². The fourth-order valence-electron chi connectivity index (χ4n) is 1.19. The molecular formula is C9H10N2O4S. The molecule has 0 aromatic heterocycles. The Bertz CT molecular complexity index is 524. The summed E-state index contributed by atoms with van der Waals surface area (Å²) in [4.78, 5) is 2.01. The maximum Gasteiger partial charge on any atom is 0.244 e. The number of ether oxygens (including phenoxy) is 2. The molecule has 2 rings (SSSR count). The summed E-state index contributed by atoms with van der Waals surface area (Å²) in [6.45, 7) is 0.206. The van der Waals surface area contributed by atoms with Crippen LogP contribution in [0.3, 0.4) is 0 Å². The average Bonchev–Trinajstić information content (AvgIpc) is 2.62. The molecule has 1 aromatic rings. The van der Waals surface area contributed by atoms with E-state index in [0.29, 0.717) is 11.5 Å². The minimum absolute atomic E-state index is 0.206. The lowest BCUT2D eigenvalue weighted by Crippen LogP contribution is -2.15. The van der Waals surface area contributed by atoms with E-state index < -0.39 is 10.0 Å². The second-order valence-electron chi connectivity index (χ2n) is 3.23. The summed E-state index contributed by atoms with van der Waals surface area (Å²) in [7, 11) is -3.31. The lowest BCUT2D eigenvalue weighted by molar-refractivity contribution is 0.174. The molecule has 6 nitrogen and oxygen atoms in total. The summed E-state index contributed by atoms with van der Waals surface area (Å²) in [5, 5.41) is 3.58. The summed E-state index contributed by atoms with van der Waals surface area (Å²) in [6.07, 6.45) is 2.42. The van der Waals surface area contributed by atoms with Crippen molar-refractivity contribution < 1.29 is 17.9 Å². The van der Waals surface area contributed by atoms with Gasteiger partial charge in [0.2, 0.25) is 16.8 Å². The normalized spacial score (nSPS) is 14.3. The van der Waals surface area contributed by atoms with Crippen molar-refractivity contribution in [1.29, 1.82) is 0 Å². The Balaban J connectivity index is 2.11. The highest BCUT2D eigenvalue weighted by atomic mass is 32.2. The zero-order valence-electron chi connectivity index (χ0n) is 8.50. The number of fused-ring (bicyclic) bond motifs is 1. The highest BCUT2D eigenvalue weighted by molar-refractivity contribution is 7.88.